The van der Waals surface area contributed by atoms with E-state index in [1.54, 1.807) is 30.3 Å². The Balaban J connectivity index is 2.20. The number of hydrogen-bond donors (Lipinski definition) is 1. The van der Waals surface area contributed by atoms with Crippen LogP contribution in [0.4, 0.5) is 0 Å². The number of ketones is 1. The van der Waals surface area contributed by atoms with E-state index in [2.05, 4.69) is 0 Å². The average molecular weight is 482 g/mol. The van der Waals surface area contributed by atoms with Crippen molar-refractivity contribution in [3.8, 4) is 17.2 Å². The van der Waals surface area contributed by atoms with Gasteiger partial charge in [-0.25, -0.2) is 0 Å². The number of carbonyl (C=O) groups excluding carboxylic acids is 2. The number of carbonyl (C=O) groups is 2. The van der Waals surface area contributed by atoms with Gasteiger partial charge < -0.3 is 24.2 Å². The highest BCUT2D eigenvalue weighted by molar-refractivity contribution is 6.46. The molecule has 7 heteroatoms. The van der Waals surface area contributed by atoms with Gasteiger partial charge in [-0.05, 0) is 67.6 Å². The van der Waals surface area contributed by atoms with Crippen LogP contribution in [0.3, 0.4) is 0 Å². The first-order chi connectivity index (χ1) is 16.8. The number of methoxy groups -OCH3 is 1. The molecule has 1 amide bonds. The van der Waals surface area contributed by atoms with Crippen LogP contribution in [0.25, 0.3) is 5.76 Å². The third kappa shape index (κ3) is 5.14. The monoisotopic (exact) mass is 481 g/mol. The van der Waals surface area contributed by atoms with Crippen molar-refractivity contribution in [2.75, 3.05) is 26.9 Å². The summed E-state index contributed by atoms with van der Waals surface area (Å²) in [5.41, 5.74) is 2.11. The largest absolute Gasteiger partial charge is 0.507 e. The first-order valence-electron chi connectivity index (χ1n) is 12.1. The number of aliphatic hydroxyl groups excluding tert-OH is 1. The second-order valence-corrected chi connectivity index (χ2v) is 8.68. The summed E-state index contributed by atoms with van der Waals surface area (Å²) in [6.07, 6.45) is 0.665. The molecule has 188 valence electrons. The van der Waals surface area contributed by atoms with E-state index in [0.717, 1.165) is 11.3 Å². The summed E-state index contributed by atoms with van der Waals surface area (Å²) >= 11 is 0. The van der Waals surface area contributed by atoms with Crippen LogP contribution in [-0.2, 0) is 9.59 Å². The number of amides is 1. The highest BCUT2D eigenvalue weighted by atomic mass is 16.5. The molecule has 7 nitrogen and oxygen atoms in total. The summed E-state index contributed by atoms with van der Waals surface area (Å²) in [5, 5.41) is 11.4. The maximum absolute atomic E-state index is 13.2. The van der Waals surface area contributed by atoms with Crippen LogP contribution < -0.4 is 14.2 Å². The van der Waals surface area contributed by atoms with Crippen molar-refractivity contribution < 1.29 is 28.9 Å². The Hall–Kier alpha value is -3.48. The van der Waals surface area contributed by atoms with Crippen LogP contribution in [-0.4, -0.2) is 48.6 Å². The van der Waals surface area contributed by atoms with Gasteiger partial charge in [-0.15, -0.1) is 0 Å². The van der Waals surface area contributed by atoms with E-state index >= 15 is 0 Å². The summed E-state index contributed by atoms with van der Waals surface area (Å²) in [4.78, 5) is 27.7. The molecule has 1 unspecified atom stereocenters. The predicted octanol–water partition coefficient (Wildman–Crippen LogP) is 5.45. The molecule has 2 aromatic carbocycles. The van der Waals surface area contributed by atoms with E-state index in [-0.39, 0.29) is 17.3 Å². The van der Waals surface area contributed by atoms with Gasteiger partial charge in [-0.3, -0.25) is 9.59 Å². The molecular weight excluding hydrogens is 446 g/mol. The van der Waals surface area contributed by atoms with Crippen LogP contribution in [0.15, 0.2) is 42.0 Å². The van der Waals surface area contributed by atoms with Crippen LogP contribution >= 0.6 is 0 Å². The first-order valence-corrected chi connectivity index (χ1v) is 12.1. The lowest BCUT2D eigenvalue weighted by molar-refractivity contribution is -0.139. The quantitative estimate of drug-likeness (QED) is 0.276. The van der Waals surface area contributed by atoms with Gasteiger partial charge in [0.15, 0.2) is 11.5 Å². The number of Topliss-reactive ketones (excluding diaryl/α,β-unsaturated/α-hetero) is 1. The van der Waals surface area contributed by atoms with E-state index in [0.29, 0.717) is 48.8 Å². The van der Waals surface area contributed by atoms with E-state index in [1.165, 1.54) is 12.0 Å². The Morgan fingerprint density at radius 1 is 0.971 bits per heavy atom. The molecule has 1 heterocycles. The van der Waals surface area contributed by atoms with Gasteiger partial charge in [0, 0.05) is 12.1 Å². The van der Waals surface area contributed by atoms with Crippen molar-refractivity contribution >= 4 is 17.4 Å². The van der Waals surface area contributed by atoms with Gasteiger partial charge in [0.05, 0.1) is 31.9 Å². The fourth-order valence-corrected chi connectivity index (χ4v) is 4.42. The zero-order valence-electron chi connectivity index (χ0n) is 21.4. The maximum atomic E-state index is 13.2. The molecule has 0 bridgehead atoms. The van der Waals surface area contributed by atoms with Crippen molar-refractivity contribution in [2.45, 2.75) is 53.0 Å². The predicted molar refractivity (Wildman–Crippen MR) is 135 cm³/mol. The zero-order chi connectivity index (χ0) is 25.7. The number of nitrogens with zero attached hydrogens (tertiary/aromatic N) is 1. The minimum atomic E-state index is -0.742. The van der Waals surface area contributed by atoms with Crippen LogP contribution in [0.1, 0.15) is 69.7 Å². The molecular formula is C28H35NO6. The second kappa shape index (κ2) is 11.3. The molecule has 0 radical (unpaired) electrons. The zero-order valence-corrected chi connectivity index (χ0v) is 21.4. The number of aliphatic hydroxyl groups is 1. The minimum Gasteiger partial charge on any atom is -0.507 e. The Kier molecular flexibility index (Phi) is 8.43. The lowest BCUT2D eigenvalue weighted by atomic mass is 9.93. The highest BCUT2D eigenvalue weighted by Gasteiger charge is 2.46. The topological polar surface area (TPSA) is 85.3 Å². The number of rotatable bonds is 10. The smallest absolute Gasteiger partial charge is 0.295 e. The molecule has 1 saturated heterocycles. The van der Waals surface area contributed by atoms with Gasteiger partial charge in [0.2, 0.25) is 0 Å². The number of likely N-dealkylation sites (tertiary alicyclic amines) is 1. The van der Waals surface area contributed by atoms with E-state index in [4.69, 9.17) is 14.2 Å². The Morgan fingerprint density at radius 2 is 1.63 bits per heavy atom. The highest BCUT2D eigenvalue weighted by Crippen LogP contribution is 2.42. The number of hydrogen-bond acceptors (Lipinski definition) is 6. The minimum absolute atomic E-state index is 0.0635. The SMILES string of the molecule is CCCN1C(=O)C(=O)/C(=C(/O)c2ccc(OCC)c(C(C)C)c2)C1c1ccc(OCC)c(OC)c1. The molecule has 1 fully saturated rings. The summed E-state index contributed by atoms with van der Waals surface area (Å²) in [5.74, 6) is 0.407. The second-order valence-electron chi connectivity index (χ2n) is 8.68. The molecule has 0 aliphatic carbocycles. The van der Waals surface area contributed by atoms with Crippen LogP contribution in [0.5, 0.6) is 17.2 Å². The summed E-state index contributed by atoms with van der Waals surface area (Å²) in [6, 6.07) is 9.92. The number of ether oxygens (including phenoxy) is 3. The fraction of sp³-hybridized carbons (Fsp3) is 0.429. The molecule has 35 heavy (non-hydrogen) atoms. The summed E-state index contributed by atoms with van der Waals surface area (Å²) in [7, 11) is 1.54. The molecule has 0 saturated carbocycles. The van der Waals surface area contributed by atoms with E-state index in [9.17, 15) is 14.7 Å². The average Bonchev–Trinajstić information content (AvgIpc) is 3.09. The number of benzene rings is 2. The van der Waals surface area contributed by atoms with Gasteiger partial charge in [0.1, 0.15) is 11.5 Å². The van der Waals surface area contributed by atoms with E-state index < -0.39 is 17.7 Å². The maximum Gasteiger partial charge on any atom is 0.295 e. The fourth-order valence-electron chi connectivity index (χ4n) is 4.42. The van der Waals surface area contributed by atoms with Gasteiger partial charge in [-0.2, -0.15) is 0 Å². The lowest BCUT2D eigenvalue weighted by Gasteiger charge is -2.25. The Bertz CT molecular complexity index is 1120. The molecule has 2 aromatic rings. The normalized spacial score (nSPS) is 17.2. The van der Waals surface area contributed by atoms with Crippen molar-refractivity contribution in [3.63, 3.8) is 0 Å². The Labute approximate surface area is 207 Å². The molecule has 1 atom stereocenters. The van der Waals surface area contributed by atoms with Crippen molar-refractivity contribution in [3.05, 3.63) is 58.7 Å². The first kappa shape index (κ1) is 26.1. The molecule has 0 spiro atoms. The standard InChI is InChI=1S/C28H35NO6/c1-7-14-29-25(18-10-13-22(35-9-3)23(16-18)33-6)24(27(31)28(29)32)26(30)19-11-12-21(34-8-2)20(15-19)17(4)5/h10-13,15-17,25,30H,7-9,14H2,1-6H3/b26-24+. The van der Waals surface area contributed by atoms with Gasteiger partial charge >= 0.3 is 0 Å². The Morgan fingerprint density at radius 3 is 2.23 bits per heavy atom. The summed E-state index contributed by atoms with van der Waals surface area (Å²) in [6.45, 7) is 11.2. The molecule has 1 aliphatic heterocycles. The van der Waals surface area contributed by atoms with Crippen molar-refractivity contribution in [2.24, 2.45) is 0 Å². The van der Waals surface area contributed by atoms with Crippen LogP contribution in [0, 0.1) is 0 Å². The third-order valence-corrected chi connectivity index (χ3v) is 6.01. The van der Waals surface area contributed by atoms with Crippen molar-refractivity contribution in [1.29, 1.82) is 0 Å². The summed E-state index contributed by atoms with van der Waals surface area (Å²) < 4.78 is 16.9. The third-order valence-electron chi connectivity index (χ3n) is 6.01. The molecule has 1 aliphatic rings. The lowest BCUT2D eigenvalue weighted by Crippen LogP contribution is -2.30. The molecule has 3 rings (SSSR count). The van der Waals surface area contributed by atoms with Crippen LogP contribution in [0.2, 0.25) is 0 Å². The van der Waals surface area contributed by atoms with Gasteiger partial charge in [0.25, 0.3) is 11.7 Å². The van der Waals surface area contributed by atoms with Gasteiger partial charge in [-0.1, -0.05) is 26.8 Å². The molecule has 1 N–H and O–H groups in total. The molecule has 0 aromatic heterocycles. The van der Waals surface area contributed by atoms with E-state index in [1.807, 2.05) is 40.7 Å². The van der Waals surface area contributed by atoms with Crippen molar-refractivity contribution in [1.82, 2.24) is 4.90 Å².